The molecule has 22 heavy (non-hydrogen) atoms. The van der Waals surface area contributed by atoms with Crippen molar-refractivity contribution < 1.29 is 14.3 Å². The Hall–Kier alpha value is -1.53. The molecule has 0 aliphatic carbocycles. The van der Waals surface area contributed by atoms with Gasteiger partial charge in [0.25, 0.3) is 0 Å². The zero-order valence-corrected chi connectivity index (χ0v) is 14.5. The molecule has 1 amide bonds. The maximum Gasteiger partial charge on any atom is 0.355 e. The molecule has 0 saturated heterocycles. The van der Waals surface area contributed by atoms with E-state index in [0.717, 1.165) is 15.4 Å². The lowest BCUT2D eigenvalue weighted by atomic mass is 10.0. The Morgan fingerprint density at radius 2 is 2.18 bits per heavy atom. The molecule has 2 aromatic rings. The summed E-state index contributed by atoms with van der Waals surface area (Å²) in [6, 6.07) is 5.25. The lowest BCUT2D eigenvalue weighted by molar-refractivity contribution is -0.119. The van der Waals surface area contributed by atoms with Crippen LogP contribution in [0.4, 0.5) is 0 Å². The quantitative estimate of drug-likeness (QED) is 0.609. The number of carbonyl (C=O) groups is 2. The molecule has 1 heterocycles. The summed E-state index contributed by atoms with van der Waals surface area (Å²) in [5.41, 5.74) is 1.83. The predicted molar refractivity (Wildman–Crippen MR) is 89.2 cm³/mol. The third-order valence-electron chi connectivity index (χ3n) is 3.21. The van der Waals surface area contributed by atoms with Crippen LogP contribution in [0.2, 0.25) is 0 Å². The first-order valence-corrected chi connectivity index (χ1v) is 8.14. The minimum atomic E-state index is -0.447. The van der Waals surface area contributed by atoms with E-state index in [0.29, 0.717) is 11.3 Å². The average Bonchev–Trinajstić information content (AvgIpc) is 2.85. The van der Waals surface area contributed by atoms with Crippen LogP contribution in [-0.4, -0.2) is 29.3 Å². The summed E-state index contributed by atoms with van der Waals surface area (Å²) in [4.78, 5) is 26.8. The van der Waals surface area contributed by atoms with Crippen LogP contribution in [-0.2, 0) is 9.53 Å². The van der Waals surface area contributed by atoms with Gasteiger partial charge in [-0.25, -0.2) is 4.79 Å². The maximum absolute atomic E-state index is 12.2. The number of carbonyl (C=O) groups excluding carboxylic acids is 2. The number of fused-ring (bicyclic) bond motifs is 1. The lowest BCUT2D eigenvalue weighted by Crippen LogP contribution is -2.28. The van der Waals surface area contributed by atoms with E-state index in [2.05, 4.69) is 26.2 Å². The number of hydrogen-bond donors (Lipinski definition) is 2. The third kappa shape index (κ3) is 3.44. The number of aromatic nitrogens is 1. The van der Waals surface area contributed by atoms with Gasteiger partial charge in [-0.3, -0.25) is 4.79 Å². The van der Waals surface area contributed by atoms with Crippen LogP contribution in [0.25, 0.3) is 10.9 Å². The fraction of sp³-hybridized carbons (Fsp3) is 0.333. The molecule has 0 aliphatic heterocycles. The summed E-state index contributed by atoms with van der Waals surface area (Å²) in [5.74, 6) is -0.879. The number of esters is 1. The summed E-state index contributed by atoms with van der Waals surface area (Å²) in [6.45, 7) is 3.83. The first-order valence-electron chi connectivity index (χ1n) is 6.81. The summed E-state index contributed by atoms with van der Waals surface area (Å²) in [7, 11) is 0. The summed E-state index contributed by atoms with van der Waals surface area (Å²) >= 11 is 8.95. The van der Waals surface area contributed by atoms with E-state index in [4.69, 9.17) is 16.3 Å². The van der Waals surface area contributed by atoms with Gasteiger partial charge in [-0.2, -0.15) is 0 Å². The summed E-state index contributed by atoms with van der Waals surface area (Å²) in [5, 5.41) is 3.61. The molecule has 2 rings (SSSR count). The number of benzene rings is 1. The van der Waals surface area contributed by atoms with Crippen molar-refractivity contribution in [2.45, 2.75) is 19.9 Å². The fourth-order valence-corrected chi connectivity index (χ4v) is 2.79. The van der Waals surface area contributed by atoms with E-state index in [-0.39, 0.29) is 24.4 Å². The van der Waals surface area contributed by atoms with Crippen LogP contribution in [0.15, 0.2) is 22.7 Å². The first-order chi connectivity index (χ1) is 10.5. The van der Waals surface area contributed by atoms with Crippen molar-refractivity contribution >= 4 is 50.3 Å². The molecule has 0 saturated carbocycles. The van der Waals surface area contributed by atoms with E-state index >= 15 is 0 Å². The van der Waals surface area contributed by atoms with Crippen molar-refractivity contribution in [3.05, 3.63) is 33.9 Å². The van der Waals surface area contributed by atoms with E-state index in [9.17, 15) is 9.59 Å². The van der Waals surface area contributed by atoms with E-state index in [1.165, 1.54) is 0 Å². The second kappa shape index (κ2) is 7.15. The van der Waals surface area contributed by atoms with E-state index < -0.39 is 5.97 Å². The summed E-state index contributed by atoms with van der Waals surface area (Å²) < 4.78 is 5.97. The molecule has 7 heteroatoms. The molecule has 0 spiro atoms. The maximum atomic E-state index is 12.2. The molecule has 0 radical (unpaired) electrons. The number of nitrogens with one attached hydrogen (secondary N) is 2. The highest BCUT2D eigenvalue weighted by molar-refractivity contribution is 9.10. The molecule has 1 unspecified atom stereocenters. The highest BCUT2D eigenvalue weighted by Gasteiger charge is 2.24. The second-order valence-corrected chi connectivity index (χ2v) is 5.93. The van der Waals surface area contributed by atoms with Gasteiger partial charge < -0.3 is 15.0 Å². The number of halogens is 2. The van der Waals surface area contributed by atoms with Crippen molar-refractivity contribution in [1.29, 1.82) is 0 Å². The molecular weight excluding hydrogens is 372 g/mol. The van der Waals surface area contributed by atoms with Crippen molar-refractivity contribution in [2.75, 3.05) is 12.5 Å². The van der Waals surface area contributed by atoms with Crippen LogP contribution in [0.1, 0.15) is 35.9 Å². The smallest absolute Gasteiger partial charge is 0.355 e. The molecule has 5 nitrogen and oxygen atoms in total. The summed E-state index contributed by atoms with van der Waals surface area (Å²) in [6.07, 6.45) is 0. The predicted octanol–water partition coefficient (Wildman–Crippen LogP) is 3.52. The fourth-order valence-electron chi connectivity index (χ4n) is 2.35. The molecular formula is C15H16BrClN2O3. The Kier molecular flexibility index (Phi) is 5.47. The van der Waals surface area contributed by atoms with Gasteiger partial charge in [0, 0.05) is 20.9 Å². The zero-order chi connectivity index (χ0) is 16.3. The molecule has 2 N–H and O–H groups in total. The Morgan fingerprint density at radius 3 is 2.82 bits per heavy atom. The van der Waals surface area contributed by atoms with Gasteiger partial charge >= 0.3 is 5.97 Å². The number of rotatable bonds is 5. The number of ether oxygens (including phenoxy) is 1. The minimum Gasteiger partial charge on any atom is -0.461 e. The van der Waals surface area contributed by atoms with Crippen LogP contribution in [0, 0.1) is 0 Å². The Labute approximate surface area is 141 Å². The normalized spacial score (nSPS) is 12.2. The number of alkyl halides is 1. The van der Waals surface area contributed by atoms with Gasteiger partial charge in [0.15, 0.2) is 0 Å². The van der Waals surface area contributed by atoms with Crippen LogP contribution in [0.3, 0.4) is 0 Å². The Bertz CT molecular complexity index is 714. The monoisotopic (exact) mass is 386 g/mol. The van der Waals surface area contributed by atoms with Crippen molar-refractivity contribution in [1.82, 2.24) is 10.3 Å². The molecule has 0 bridgehead atoms. The van der Waals surface area contributed by atoms with Crippen molar-refractivity contribution in [3.8, 4) is 0 Å². The highest BCUT2D eigenvalue weighted by Crippen LogP contribution is 2.31. The second-order valence-electron chi connectivity index (χ2n) is 4.75. The van der Waals surface area contributed by atoms with E-state index in [1.807, 2.05) is 18.2 Å². The number of aromatic amines is 1. The molecule has 1 aromatic heterocycles. The zero-order valence-electron chi connectivity index (χ0n) is 12.2. The lowest BCUT2D eigenvalue weighted by Gasteiger charge is -2.14. The van der Waals surface area contributed by atoms with Gasteiger partial charge in [0.05, 0.1) is 12.6 Å². The van der Waals surface area contributed by atoms with Gasteiger partial charge in [0.1, 0.15) is 11.6 Å². The van der Waals surface area contributed by atoms with E-state index in [1.54, 1.807) is 13.8 Å². The van der Waals surface area contributed by atoms with Crippen molar-refractivity contribution in [2.24, 2.45) is 0 Å². The Balaban J connectivity index is 2.55. The van der Waals surface area contributed by atoms with Crippen LogP contribution >= 0.6 is 27.5 Å². The highest BCUT2D eigenvalue weighted by atomic mass is 79.9. The molecule has 1 atom stereocenters. The number of hydrogen-bond acceptors (Lipinski definition) is 3. The average molecular weight is 388 g/mol. The number of H-pyrrole nitrogens is 1. The van der Waals surface area contributed by atoms with Crippen LogP contribution in [0.5, 0.6) is 0 Å². The van der Waals surface area contributed by atoms with Gasteiger partial charge in [-0.15, -0.1) is 11.6 Å². The third-order valence-corrected chi connectivity index (χ3v) is 3.95. The number of amides is 1. The molecule has 0 aliphatic rings. The largest absolute Gasteiger partial charge is 0.461 e. The van der Waals surface area contributed by atoms with Gasteiger partial charge in [0.2, 0.25) is 5.91 Å². The first kappa shape index (κ1) is 16.8. The van der Waals surface area contributed by atoms with Crippen molar-refractivity contribution in [3.63, 3.8) is 0 Å². The molecule has 0 fully saturated rings. The van der Waals surface area contributed by atoms with Gasteiger partial charge in [-0.05, 0) is 32.0 Å². The van der Waals surface area contributed by atoms with Crippen LogP contribution < -0.4 is 5.32 Å². The standard InChI is InChI=1S/C15H16BrClN2O3/c1-3-22-15(21)14-13(8(2)18-12(20)7-17)10-6-9(16)4-5-11(10)19-14/h4-6,8,19H,3,7H2,1-2H3,(H,18,20). The van der Waals surface area contributed by atoms with Gasteiger partial charge in [-0.1, -0.05) is 15.9 Å². The molecule has 118 valence electrons. The topological polar surface area (TPSA) is 71.2 Å². The minimum absolute atomic E-state index is 0.134. The Morgan fingerprint density at radius 1 is 1.45 bits per heavy atom. The SMILES string of the molecule is CCOC(=O)c1[nH]c2ccc(Br)cc2c1C(C)NC(=O)CCl. The molecule has 1 aromatic carbocycles.